The Bertz CT molecular complexity index is 1310. The molecule has 1 amide bonds. The number of halogens is 2. The Morgan fingerprint density at radius 2 is 2.12 bits per heavy atom. The van der Waals surface area contributed by atoms with E-state index >= 15 is 0 Å². The van der Waals surface area contributed by atoms with Gasteiger partial charge in [-0.15, -0.1) is 0 Å². The summed E-state index contributed by atoms with van der Waals surface area (Å²) in [5.41, 5.74) is 0.138. The SMILES string of the molecule is CNc1cc(Nc2cccn([C@@H]3CCC[C@@H]3O)c2=O)nc2c(C(=O)N[C@@H]3CCC3(F)F)cnn12. The largest absolute Gasteiger partial charge is 0.391 e. The summed E-state index contributed by atoms with van der Waals surface area (Å²) in [4.78, 5) is 30.2. The number of rotatable bonds is 6. The standard InChI is InChI=1S/C22H25F2N7O3/c1-25-18-10-17(27-13-4-3-9-30(21(13)34)14-5-2-6-15(14)32)29-19-12(11-26-31(18)19)20(33)28-16-7-8-22(16,23)24/h3-4,9-11,14-16,25,32H,2,5-8H2,1H3,(H,27,29)(H,28,33)/t14-,15+,16-/m1/s1. The van der Waals surface area contributed by atoms with Gasteiger partial charge in [-0.2, -0.15) is 9.61 Å². The van der Waals surface area contributed by atoms with Gasteiger partial charge in [0.25, 0.3) is 17.4 Å². The summed E-state index contributed by atoms with van der Waals surface area (Å²) in [7, 11) is 1.66. The number of pyridine rings is 1. The molecule has 12 heteroatoms. The number of fused-ring (bicyclic) bond motifs is 1. The van der Waals surface area contributed by atoms with E-state index in [0.29, 0.717) is 18.7 Å². The minimum Gasteiger partial charge on any atom is -0.391 e. The maximum atomic E-state index is 13.6. The molecule has 3 atom stereocenters. The van der Waals surface area contributed by atoms with Crippen molar-refractivity contribution in [2.45, 2.75) is 56.2 Å². The van der Waals surface area contributed by atoms with Crippen molar-refractivity contribution in [3.05, 3.63) is 46.5 Å². The van der Waals surface area contributed by atoms with Crippen LogP contribution in [0.2, 0.25) is 0 Å². The third-order valence-corrected chi connectivity index (χ3v) is 6.59. The summed E-state index contributed by atoms with van der Waals surface area (Å²) in [6.07, 6.45) is 4.51. The molecule has 3 heterocycles. The lowest BCUT2D eigenvalue weighted by atomic mass is 9.88. The zero-order valence-electron chi connectivity index (χ0n) is 18.5. The van der Waals surface area contributed by atoms with Crippen LogP contribution in [-0.4, -0.2) is 55.3 Å². The predicted molar refractivity (Wildman–Crippen MR) is 121 cm³/mol. The molecule has 10 nitrogen and oxygen atoms in total. The number of aliphatic hydroxyl groups is 1. The highest BCUT2D eigenvalue weighted by atomic mass is 19.3. The Kier molecular flexibility index (Phi) is 5.47. The number of hydrogen-bond donors (Lipinski definition) is 4. The van der Waals surface area contributed by atoms with Crippen LogP contribution in [0.4, 0.5) is 26.1 Å². The third kappa shape index (κ3) is 3.77. The van der Waals surface area contributed by atoms with Gasteiger partial charge < -0.3 is 25.6 Å². The molecule has 0 spiro atoms. The summed E-state index contributed by atoms with van der Waals surface area (Å²) in [6, 6.07) is 3.43. The van der Waals surface area contributed by atoms with Crippen LogP contribution in [0, 0.1) is 0 Å². The average Bonchev–Trinajstić information content (AvgIpc) is 3.43. The van der Waals surface area contributed by atoms with Crippen LogP contribution in [0.1, 0.15) is 48.5 Å². The molecule has 2 fully saturated rings. The van der Waals surface area contributed by atoms with Gasteiger partial charge in [-0.1, -0.05) is 0 Å². The molecule has 0 radical (unpaired) electrons. The van der Waals surface area contributed by atoms with Crippen LogP contribution in [0.5, 0.6) is 0 Å². The molecule has 4 N–H and O–H groups in total. The van der Waals surface area contributed by atoms with Crippen LogP contribution in [0.3, 0.4) is 0 Å². The van der Waals surface area contributed by atoms with Crippen molar-refractivity contribution in [2.24, 2.45) is 0 Å². The normalized spacial score (nSPS) is 23.5. The Balaban J connectivity index is 1.47. The Morgan fingerprint density at radius 1 is 1.29 bits per heavy atom. The molecule has 180 valence electrons. The van der Waals surface area contributed by atoms with Crippen molar-refractivity contribution < 1.29 is 18.7 Å². The highest BCUT2D eigenvalue weighted by Crippen LogP contribution is 2.37. The van der Waals surface area contributed by atoms with Gasteiger partial charge in [0.1, 0.15) is 22.9 Å². The number of carbonyl (C=O) groups is 1. The zero-order valence-corrected chi connectivity index (χ0v) is 18.5. The minimum absolute atomic E-state index is 0.0439. The van der Waals surface area contributed by atoms with E-state index in [-0.39, 0.29) is 47.2 Å². The van der Waals surface area contributed by atoms with E-state index in [4.69, 9.17) is 0 Å². The first-order valence-corrected chi connectivity index (χ1v) is 11.2. The lowest BCUT2D eigenvalue weighted by Crippen LogP contribution is -2.55. The first kappa shape index (κ1) is 22.3. The predicted octanol–water partition coefficient (Wildman–Crippen LogP) is 2.29. The van der Waals surface area contributed by atoms with E-state index in [0.717, 1.165) is 6.42 Å². The molecule has 2 aliphatic rings. The number of amides is 1. The second kappa shape index (κ2) is 8.35. The smallest absolute Gasteiger partial charge is 0.274 e. The Labute approximate surface area is 193 Å². The molecule has 2 aliphatic carbocycles. The topological polar surface area (TPSA) is 126 Å². The van der Waals surface area contributed by atoms with Crippen molar-refractivity contribution in [3.63, 3.8) is 0 Å². The summed E-state index contributed by atoms with van der Waals surface area (Å²) < 4.78 is 30.2. The molecular formula is C22H25F2N7O3. The molecule has 34 heavy (non-hydrogen) atoms. The summed E-state index contributed by atoms with van der Waals surface area (Å²) >= 11 is 0. The van der Waals surface area contributed by atoms with Crippen molar-refractivity contribution in [1.29, 1.82) is 0 Å². The lowest BCUT2D eigenvalue weighted by molar-refractivity contribution is -0.102. The minimum atomic E-state index is -2.92. The van der Waals surface area contributed by atoms with Gasteiger partial charge in [0.15, 0.2) is 5.65 Å². The van der Waals surface area contributed by atoms with Crippen molar-refractivity contribution in [3.8, 4) is 0 Å². The van der Waals surface area contributed by atoms with Crippen molar-refractivity contribution in [1.82, 2.24) is 24.5 Å². The van der Waals surface area contributed by atoms with E-state index in [1.807, 2.05) is 0 Å². The van der Waals surface area contributed by atoms with Crippen LogP contribution in [0.15, 0.2) is 35.4 Å². The highest BCUT2D eigenvalue weighted by molar-refractivity contribution is 6.00. The lowest BCUT2D eigenvalue weighted by Gasteiger charge is -2.36. The van der Waals surface area contributed by atoms with Gasteiger partial charge in [-0.05, 0) is 37.8 Å². The van der Waals surface area contributed by atoms with Gasteiger partial charge in [0, 0.05) is 25.7 Å². The van der Waals surface area contributed by atoms with Gasteiger partial charge in [-0.25, -0.2) is 13.8 Å². The third-order valence-electron chi connectivity index (χ3n) is 6.59. The number of nitrogens with zero attached hydrogens (tertiary/aromatic N) is 4. The number of carbonyl (C=O) groups excluding carboxylic acids is 1. The van der Waals surface area contributed by atoms with E-state index in [9.17, 15) is 23.5 Å². The van der Waals surface area contributed by atoms with Crippen LogP contribution < -0.4 is 21.5 Å². The molecule has 0 aromatic carbocycles. The number of nitrogens with one attached hydrogen (secondary N) is 3. The van der Waals surface area contributed by atoms with E-state index in [1.54, 1.807) is 31.4 Å². The molecule has 3 aromatic heterocycles. The van der Waals surface area contributed by atoms with Crippen LogP contribution in [0.25, 0.3) is 5.65 Å². The van der Waals surface area contributed by atoms with Crippen LogP contribution in [-0.2, 0) is 0 Å². The van der Waals surface area contributed by atoms with Gasteiger partial charge >= 0.3 is 0 Å². The molecule has 0 bridgehead atoms. The number of hydrogen-bond acceptors (Lipinski definition) is 7. The first-order valence-electron chi connectivity index (χ1n) is 11.2. The fourth-order valence-corrected chi connectivity index (χ4v) is 4.54. The summed E-state index contributed by atoms with van der Waals surface area (Å²) in [5, 5.41) is 22.7. The molecule has 5 rings (SSSR count). The fourth-order valence-electron chi connectivity index (χ4n) is 4.54. The molecule has 0 unspecified atom stereocenters. The highest BCUT2D eigenvalue weighted by Gasteiger charge is 2.49. The maximum absolute atomic E-state index is 13.6. The second-order valence-electron chi connectivity index (χ2n) is 8.72. The molecule has 0 aliphatic heterocycles. The van der Waals surface area contributed by atoms with E-state index in [1.165, 1.54) is 15.3 Å². The van der Waals surface area contributed by atoms with Crippen molar-refractivity contribution >= 4 is 28.9 Å². The Morgan fingerprint density at radius 3 is 2.76 bits per heavy atom. The van der Waals surface area contributed by atoms with Crippen molar-refractivity contribution in [2.75, 3.05) is 17.7 Å². The maximum Gasteiger partial charge on any atom is 0.274 e. The molecular weight excluding hydrogens is 448 g/mol. The fraction of sp³-hybridized carbons (Fsp3) is 0.455. The molecule has 0 saturated heterocycles. The average molecular weight is 473 g/mol. The number of aromatic nitrogens is 4. The summed E-state index contributed by atoms with van der Waals surface area (Å²) in [5.74, 6) is -2.87. The van der Waals surface area contributed by atoms with E-state index in [2.05, 4.69) is 26.0 Å². The quantitative estimate of drug-likeness (QED) is 0.433. The van der Waals surface area contributed by atoms with Gasteiger partial charge in [0.2, 0.25) is 0 Å². The van der Waals surface area contributed by atoms with E-state index < -0.39 is 24.0 Å². The number of anilines is 3. The Hall–Kier alpha value is -3.54. The number of aliphatic hydroxyl groups excluding tert-OH is 1. The molecule has 3 aromatic rings. The van der Waals surface area contributed by atoms with Crippen LogP contribution >= 0.6 is 0 Å². The zero-order chi connectivity index (χ0) is 24.0. The summed E-state index contributed by atoms with van der Waals surface area (Å²) in [6.45, 7) is 0. The molecule has 2 saturated carbocycles. The number of alkyl halides is 2. The van der Waals surface area contributed by atoms with Gasteiger partial charge in [0.05, 0.1) is 24.4 Å². The second-order valence-corrected chi connectivity index (χ2v) is 8.72. The first-order chi connectivity index (χ1) is 16.3. The monoisotopic (exact) mass is 473 g/mol. The van der Waals surface area contributed by atoms with Gasteiger partial charge in [-0.3, -0.25) is 9.59 Å².